The predicted molar refractivity (Wildman–Crippen MR) is 113 cm³/mol. The fourth-order valence-electron chi connectivity index (χ4n) is 3.38. The van der Waals surface area contributed by atoms with Gasteiger partial charge in [0.2, 0.25) is 0 Å². The van der Waals surface area contributed by atoms with E-state index in [0.29, 0.717) is 11.5 Å². The Kier molecular flexibility index (Phi) is 5.37. The van der Waals surface area contributed by atoms with Crippen molar-refractivity contribution in [1.82, 2.24) is 0 Å². The molecule has 0 bridgehead atoms. The van der Waals surface area contributed by atoms with Gasteiger partial charge in [0.1, 0.15) is 22.8 Å². The molecular weight excluding hydrogens is 348 g/mol. The van der Waals surface area contributed by atoms with E-state index < -0.39 is 0 Å². The maximum absolute atomic E-state index is 9.94. The highest BCUT2D eigenvalue weighted by Gasteiger charge is 2.19. The minimum absolute atomic E-state index is 0.0118. The van der Waals surface area contributed by atoms with E-state index in [1.54, 1.807) is 12.1 Å². The molecule has 0 saturated heterocycles. The maximum Gasteiger partial charge on any atom is 0.120 e. The Morgan fingerprint density at radius 2 is 1.11 bits per heavy atom. The standard InChI is InChI=1S/C25H28O3/c1-16-14-19(8-12-22(16)26)24(20-9-13-23(27)17(2)15-20)18-6-10-21(11-7-18)28-25(3,4)5/h6-15,24,26-27H,1-5H3. The zero-order valence-electron chi connectivity index (χ0n) is 17.2. The van der Waals surface area contributed by atoms with Crippen molar-refractivity contribution in [1.29, 1.82) is 0 Å². The molecule has 0 saturated carbocycles. The molecule has 2 N–H and O–H groups in total. The van der Waals surface area contributed by atoms with Crippen molar-refractivity contribution >= 4 is 0 Å². The highest BCUT2D eigenvalue weighted by molar-refractivity contribution is 5.49. The molecule has 0 unspecified atom stereocenters. The molecule has 3 rings (SSSR count). The normalized spacial score (nSPS) is 11.6. The Morgan fingerprint density at radius 1 is 0.679 bits per heavy atom. The highest BCUT2D eigenvalue weighted by Crippen LogP contribution is 2.36. The van der Waals surface area contributed by atoms with E-state index in [0.717, 1.165) is 33.6 Å². The molecule has 3 nitrogen and oxygen atoms in total. The molecule has 0 heterocycles. The molecule has 0 spiro atoms. The van der Waals surface area contributed by atoms with Gasteiger partial charge < -0.3 is 14.9 Å². The summed E-state index contributed by atoms with van der Waals surface area (Å²) < 4.78 is 5.95. The molecule has 3 heteroatoms. The quantitative estimate of drug-likeness (QED) is 0.543. The Hall–Kier alpha value is -2.94. The van der Waals surface area contributed by atoms with Crippen LogP contribution in [0.25, 0.3) is 0 Å². The predicted octanol–water partition coefficient (Wildman–Crippen LogP) is 6.07. The molecular formula is C25H28O3. The van der Waals surface area contributed by atoms with Gasteiger partial charge in [0.25, 0.3) is 0 Å². The van der Waals surface area contributed by atoms with E-state index in [4.69, 9.17) is 4.74 Å². The van der Waals surface area contributed by atoms with Crippen molar-refractivity contribution < 1.29 is 14.9 Å². The van der Waals surface area contributed by atoms with Crippen molar-refractivity contribution in [2.45, 2.75) is 46.1 Å². The van der Waals surface area contributed by atoms with Crippen LogP contribution in [0.2, 0.25) is 0 Å². The molecule has 3 aromatic carbocycles. The molecule has 146 valence electrons. The van der Waals surface area contributed by atoms with Crippen molar-refractivity contribution in [2.24, 2.45) is 0 Å². The van der Waals surface area contributed by atoms with Crippen LogP contribution >= 0.6 is 0 Å². The van der Waals surface area contributed by atoms with Crippen LogP contribution < -0.4 is 4.74 Å². The molecule has 0 radical (unpaired) electrons. The van der Waals surface area contributed by atoms with Gasteiger partial charge in [-0.15, -0.1) is 0 Å². The second kappa shape index (κ2) is 7.59. The lowest BCUT2D eigenvalue weighted by molar-refractivity contribution is 0.131. The van der Waals surface area contributed by atoms with Crippen molar-refractivity contribution in [3.8, 4) is 17.2 Å². The summed E-state index contributed by atoms with van der Waals surface area (Å²) in [6.45, 7) is 9.89. The van der Waals surface area contributed by atoms with Crippen LogP contribution in [0.4, 0.5) is 0 Å². The third-order valence-electron chi connectivity index (χ3n) is 4.75. The van der Waals surface area contributed by atoms with Gasteiger partial charge in [-0.3, -0.25) is 0 Å². The summed E-state index contributed by atoms with van der Waals surface area (Å²) in [5.41, 5.74) is 4.73. The Balaban J connectivity index is 2.07. The summed E-state index contributed by atoms with van der Waals surface area (Å²) in [7, 11) is 0. The van der Waals surface area contributed by atoms with Gasteiger partial charge >= 0.3 is 0 Å². The fourth-order valence-corrected chi connectivity index (χ4v) is 3.38. The SMILES string of the molecule is Cc1cc(C(c2ccc(OC(C)(C)C)cc2)c2ccc(O)c(C)c2)ccc1O. The van der Waals surface area contributed by atoms with E-state index in [2.05, 4.69) is 12.1 Å². The second-order valence-electron chi connectivity index (χ2n) is 8.31. The highest BCUT2D eigenvalue weighted by atomic mass is 16.5. The molecule has 3 aromatic rings. The van der Waals surface area contributed by atoms with Crippen LogP contribution in [0.1, 0.15) is 54.5 Å². The summed E-state index contributed by atoms with van der Waals surface area (Å²) in [6, 6.07) is 19.6. The summed E-state index contributed by atoms with van der Waals surface area (Å²) in [5, 5.41) is 19.9. The summed E-state index contributed by atoms with van der Waals surface area (Å²) in [4.78, 5) is 0. The van der Waals surface area contributed by atoms with E-state index in [9.17, 15) is 10.2 Å². The van der Waals surface area contributed by atoms with Gasteiger partial charge in [-0.1, -0.05) is 36.4 Å². The molecule has 0 atom stereocenters. The van der Waals surface area contributed by atoms with Gasteiger partial charge in [-0.25, -0.2) is 0 Å². The van der Waals surface area contributed by atoms with E-state index in [-0.39, 0.29) is 11.5 Å². The molecule has 0 aliphatic heterocycles. The van der Waals surface area contributed by atoms with Gasteiger partial charge in [-0.2, -0.15) is 0 Å². The van der Waals surface area contributed by atoms with Gasteiger partial charge in [0, 0.05) is 5.92 Å². The van der Waals surface area contributed by atoms with Crippen molar-refractivity contribution in [2.75, 3.05) is 0 Å². The van der Waals surface area contributed by atoms with E-state index >= 15 is 0 Å². The van der Waals surface area contributed by atoms with Crippen LogP contribution in [0.3, 0.4) is 0 Å². The number of phenols is 2. The van der Waals surface area contributed by atoms with E-state index in [1.807, 2.05) is 71.0 Å². The summed E-state index contributed by atoms with van der Waals surface area (Å²) in [5.74, 6) is 1.40. The third kappa shape index (κ3) is 4.48. The monoisotopic (exact) mass is 376 g/mol. The van der Waals surface area contributed by atoms with Crippen molar-refractivity contribution in [3.05, 3.63) is 88.5 Å². The van der Waals surface area contributed by atoms with Gasteiger partial charge in [-0.05, 0) is 86.7 Å². The van der Waals surface area contributed by atoms with Crippen LogP contribution in [-0.2, 0) is 0 Å². The average molecular weight is 376 g/mol. The molecule has 0 amide bonds. The van der Waals surface area contributed by atoms with Crippen LogP contribution in [-0.4, -0.2) is 15.8 Å². The second-order valence-corrected chi connectivity index (χ2v) is 8.31. The molecule has 28 heavy (non-hydrogen) atoms. The molecule has 0 aliphatic carbocycles. The van der Waals surface area contributed by atoms with Crippen LogP contribution in [0, 0.1) is 13.8 Å². The smallest absolute Gasteiger partial charge is 0.120 e. The Morgan fingerprint density at radius 3 is 1.50 bits per heavy atom. The summed E-state index contributed by atoms with van der Waals surface area (Å²) >= 11 is 0. The fraction of sp³-hybridized carbons (Fsp3) is 0.280. The first-order valence-corrected chi connectivity index (χ1v) is 9.52. The first-order valence-electron chi connectivity index (χ1n) is 9.52. The number of rotatable bonds is 4. The lowest BCUT2D eigenvalue weighted by atomic mass is 9.84. The lowest BCUT2D eigenvalue weighted by Crippen LogP contribution is -2.22. The van der Waals surface area contributed by atoms with Crippen molar-refractivity contribution in [3.63, 3.8) is 0 Å². The zero-order valence-corrected chi connectivity index (χ0v) is 17.2. The number of phenolic OH excluding ortho intramolecular Hbond substituents is 2. The Bertz CT molecular complexity index is 915. The maximum atomic E-state index is 9.94. The molecule has 0 fully saturated rings. The Labute approximate surface area is 167 Å². The third-order valence-corrected chi connectivity index (χ3v) is 4.75. The largest absolute Gasteiger partial charge is 0.508 e. The average Bonchev–Trinajstić information content (AvgIpc) is 2.61. The minimum Gasteiger partial charge on any atom is -0.508 e. The van der Waals surface area contributed by atoms with Gasteiger partial charge in [0.15, 0.2) is 0 Å². The first kappa shape index (κ1) is 19.8. The first-order chi connectivity index (χ1) is 13.1. The minimum atomic E-state index is -0.247. The van der Waals surface area contributed by atoms with Crippen LogP contribution in [0.5, 0.6) is 17.2 Å². The number of aryl methyl sites for hydroxylation is 2. The number of hydrogen-bond acceptors (Lipinski definition) is 3. The molecule has 0 aromatic heterocycles. The topological polar surface area (TPSA) is 49.7 Å². The van der Waals surface area contributed by atoms with Crippen LogP contribution in [0.15, 0.2) is 60.7 Å². The zero-order chi connectivity index (χ0) is 20.5. The molecule has 0 aliphatic rings. The number of aromatic hydroxyl groups is 2. The number of hydrogen-bond donors (Lipinski definition) is 2. The lowest BCUT2D eigenvalue weighted by Gasteiger charge is -2.23. The van der Waals surface area contributed by atoms with Gasteiger partial charge in [0.05, 0.1) is 0 Å². The van der Waals surface area contributed by atoms with E-state index in [1.165, 1.54) is 0 Å². The number of benzene rings is 3. The summed E-state index contributed by atoms with van der Waals surface area (Å²) in [6.07, 6.45) is 0. The number of ether oxygens (including phenoxy) is 1.